The standard InChI is InChI=1S/C27H36N8O/c1-26(2,3)20-13-22(34-33-20)30-21-14-23(32-24(31-21)19-8-6-11-29-16-19)35-12-10-27(17-35)9-5-7-18(15-27)25(36)28-4/h6,8,11,13-14,16,18H,5,7,9-10,12,15,17H2,1-4H3,(H,28,36)(H2,30,31,32,33,34). The highest BCUT2D eigenvalue weighted by molar-refractivity contribution is 5.78. The third-order valence-corrected chi connectivity index (χ3v) is 7.56. The maximum absolute atomic E-state index is 12.4. The predicted octanol–water partition coefficient (Wildman–Crippen LogP) is 4.44. The molecule has 9 nitrogen and oxygen atoms in total. The van der Waals surface area contributed by atoms with Gasteiger partial charge in [0.2, 0.25) is 5.91 Å². The lowest BCUT2D eigenvalue weighted by atomic mass is 9.69. The second-order valence-electron chi connectivity index (χ2n) is 11.3. The van der Waals surface area contributed by atoms with Gasteiger partial charge in [0, 0.05) is 61.6 Å². The Morgan fingerprint density at radius 2 is 2.08 bits per heavy atom. The first-order valence-electron chi connectivity index (χ1n) is 12.8. The topological polar surface area (TPSA) is 112 Å². The van der Waals surface area contributed by atoms with Crippen LogP contribution in [0.1, 0.15) is 58.6 Å². The third-order valence-electron chi connectivity index (χ3n) is 7.56. The van der Waals surface area contributed by atoms with Crippen LogP contribution in [0.25, 0.3) is 11.4 Å². The number of rotatable bonds is 5. The highest BCUT2D eigenvalue weighted by atomic mass is 16.1. The van der Waals surface area contributed by atoms with Gasteiger partial charge in [-0.25, -0.2) is 9.97 Å². The van der Waals surface area contributed by atoms with E-state index in [0.717, 1.165) is 68.1 Å². The number of nitrogens with zero attached hydrogens (tertiary/aromatic N) is 5. The van der Waals surface area contributed by atoms with Crippen molar-refractivity contribution in [1.82, 2.24) is 30.5 Å². The van der Waals surface area contributed by atoms with Gasteiger partial charge >= 0.3 is 0 Å². The minimum atomic E-state index is -0.0511. The summed E-state index contributed by atoms with van der Waals surface area (Å²) in [5, 5.41) is 13.8. The van der Waals surface area contributed by atoms with E-state index in [0.29, 0.717) is 11.6 Å². The number of hydrogen-bond acceptors (Lipinski definition) is 7. The fourth-order valence-electron chi connectivity index (χ4n) is 5.57. The van der Waals surface area contributed by atoms with Crippen LogP contribution in [-0.4, -0.2) is 51.2 Å². The molecule has 3 N–H and O–H groups in total. The largest absolute Gasteiger partial charge is 0.359 e. The van der Waals surface area contributed by atoms with Gasteiger partial charge in [0.1, 0.15) is 17.5 Å². The molecule has 1 saturated carbocycles. The normalized spacial score (nSPS) is 22.1. The van der Waals surface area contributed by atoms with Crippen molar-refractivity contribution in [3.63, 3.8) is 0 Å². The summed E-state index contributed by atoms with van der Waals surface area (Å²) in [5.41, 5.74) is 1.96. The summed E-state index contributed by atoms with van der Waals surface area (Å²) in [5.74, 6) is 3.30. The summed E-state index contributed by atoms with van der Waals surface area (Å²) in [6.45, 7) is 8.24. The summed E-state index contributed by atoms with van der Waals surface area (Å²) in [7, 11) is 1.74. The van der Waals surface area contributed by atoms with Crippen LogP contribution < -0.4 is 15.5 Å². The van der Waals surface area contributed by atoms with Gasteiger partial charge in [0.15, 0.2) is 5.82 Å². The Balaban J connectivity index is 1.43. The van der Waals surface area contributed by atoms with Crippen LogP contribution in [0, 0.1) is 11.3 Å². The van der Waals surface area contributed by atoms with Gasteiger partial charge in [-0.2, -0.15) is 5.10 Å². The first kappa shape index (κ1) is 24.2. The molecule has 190 valence electrons. The second kappa shape index (κ2) is 9.52. The van der Waals surface area contributed by atoms with E-state index in [1.54, 1.807) is 19.4 Å². The molecule has 3 aromatic rings. The molecule has 4 heterocycles. The first-order valence-corrected chi connectivity index (χ1v) is 12.8. The van der Waals surface area contributed by atoms with E-state index in [2.05, 4.69) is 51.5 Å². The molecule has 0 radical (unpaired) electrons. The van der Waals surface area contributed by atoms with Crippen LogP contribution in [0.5, 0.6) is 0 Å². The summed E-state index contributed by atoms with van der Waals surface area (Å²) < 4.78 is 0. The number of carbonyl (C=O) groups excluding carboxylic acids is 1. The zero-order chi connectivity index (χ0) is 25.3. The SMILES string of the molecule is CNC(=O)C1CCCC2(CCN(c3cc(Nc4cc(C(C)(C)C)n[nH]4)nc(-c4cccnc4)n3)C2)C1. The van der Waals surface area contributed by atoms with Gasteiger partial charge in [-0.05, 0) is 43.2 Å². The van der Waals surface area contributed by atoms with Crippen molar-refractivity contribution >= 4 is 23.4 Å². The third kappa shape index (κ3) is 5.05. The van der Waals surface area contributed by atoms with Gasteiger partial charge in [0.05, 0.1) is 5.69 Å². The summed E-state index contributed by atoms with van der Waals surface area (Å²) >= 11 is 0. The van der Waals surface area contributed by atoms with Crippen molar-refractivity contribution in [2.24, 2.45) is 11.3 Å². The van der Waals surface area contributed by atoms with Crippen LogP contribution in [0.2, 0.25) is 0 Å². The molecule has 2 unspecified atom stereocenters. The van der Waals surface area contributed by atoms with Crippen molar-refractivity contribution in [2.75, 3.05) is 30.4 Å². The Kier molecular flexibility index (Phi) is 6.40. The number of aromatic nitrogens is 5. The van der Waals surface area contributed by atoms with Crippen LogP contribution in [0.15, 0.2) is 36.7 Å². The van der Waals surface area contributed by atoms with E-state index >= 15 is 0 Å². The average Bonchev–Trinajstić information content (AvgIpc) is 3.51. The van der Waals surface area contributed by atoms with Crippen molar-refractivity contribution < 1.29 is 4.79 Å². The fourth-order valence-corrected chi connectivity index (χ4v) is 5.57. The van der Waals surface area contributed by atoms with Crippen LogP contribution >= 0.6 is 0 Å². The lowest BCUT2D eigenvalue weighted by Crippen LogP contribution is -2.38. The number of anilines is 3. The molecule has 5 rings (SSSR count). The Morgan fingerprint density at radius 1 is 1.22 bits per heavy atom. The number of amides is 1. The molecular weight excluding hydrogens is 452 g/mol. The lowest BCUT2D eigenvalue weighted by molar-refractivity contribution is -0.126. The molecular formula is C27H36N8O. The smallest absolute Gasteiger partial charge is 0.222 e. The molecule has 1 aliphatic carbocycles. The molecule has 0 bridgehead atoms. The predicted molar refractivity (Wildman–Crippen MR) is 141 cm³/mol. The van der Waals surface area contributed by atoms with Crippen molar-refractivity contribution in [2.45, 2.75) is 58.3 Å². The minimum Gasteiger partial charge on any atom is -0.359 e. The number of aromatic amines is 1. The molecule has 0 aromatic carbocycles. The van der Waals surface area contributed by atoms with Crippen molar-refractivity contribution in [3.05, 3.63) is 42.4 Å². The number of nitrogens with one attached hydrogen (secondary N) is 3. The highest BCUT2D eigenvalue weighted by Gasteiger charge is 2.43. The van der Waals surface area contributed by atoms with Gasteiger partial charge in [-0.3, -0.25) is 14.9 Å². The average molecular weight is 489 g/mol. The number of hydrogen-bond donors (Lipinski definition) is 3. The molecule has 3 aromatic heterocycles. The monoisotopic (exact) mass is 488 g/mol. The molecule has 1 spiro atoms. The zero-order valence-electron chi connectivity index (χ0n) is 21.6. The van der Waals surface area contributed by atoms with Gasteiger partial charge in [-0.1, -0.05) is 27.2 Å². The van der Waals surface area contributed by atoms with Crippen LogP contribution in [0.3, 0.4) is 0 Å². The van der Waals surface area contributed by atoms with E-state index in [-0.39, 0.29) is 22.7 Å². The van der Waals surface area contributed by atoms with Gasteiger partial charge < -0.3 is 15.5 Å². The molecule has 1 aliphatic heterocycles. The number of H-pyrrole nitrogens is 1. The Labute approximate surface area is 212 Å². The van der Waals surface area contributed by atoms with Crippen LogP contribution in [-0.2, 0) is 10.2 Å². The highest BCUT2D eigenvalue weighted by Crippen LogP contribution is 2.47. The maximum atomic E-state index is 12.4. The van der Waals surface area contributed by atoms with Crippen molar-refractivity contribution in [1.29, 1.82) is 0 Å². The Hall–Kier alpha value is -3.49. The number of pyridine rings is 1. The molecule has 2 fully saturated rings. The van der Waals surface area contributed by atoms with E-state index in [9.17, 15) is 4.79 Å². The summed E-state index contributed by atoms with van der Waals surface area (Å²) in [6.07, 6.45) is 8.79. The fraction of sp³-hybridized carbons (Fsp3) is 0.519. The molecule has 9 heteroatoms. The van der Waals surface area contributed by atoms with Gasteiger partial charge in [-0.15, -0.1) is 0 Å². The lowest BCUT2D eigenvalue weighted by Gasteiger charge is -2.37. The van der Waals surface area contributed by atoms with E-state index in [1.807, 2.05) is 24.3 Å². The first-order chi connectivity index (χ1) is 17.2. The van der Waals surface area contributed by atoms with E-state index < -0.39 is 0 Å². The Morgan fingerprint density at radius 3 is 2.81 bits per heavy atom. The molecule has 2 aliphatic rings. The van der Waals surface area contributed by atoms with E-state index in [4.69, 9.17) is 9.97 Å². The summed E-state index contributed by atoms with van der Waals surface area (Å²) in [4.78, 5) is 28.7. The van der Waals surface area contributed by atoms with Crippen LogP contribution in [0.4, 0.5) is 17.5 Å². The quantitative estimate of drug-likeness (QED) is 0.487. The molecule has 2 atom stereocenters. The van der Waals surface area contributed by atoms with E-state index in [1.165, 1.54) is 0 Å². The second-order valence-corrected chi connectivity index (χ2v) is 11.3. The number of carbonyl (C=O) groups is 1. The molecule has 1 saturated heterocycles. The zero-order valence-corrected chi connectivity index (χ0v) is 21.6. The minimum absolute atomic E-state index is 0.0511. The molecule has 1 amide bonds. The molecule has 36 heavy (non-hydrogen) atoms. The summed E-state index contributed by atoms with van der Waals surface area (Å²) in [6, 6.07) is 7.91. The maximum Gasteiger partial charge on any atom is 0.222 e. The van der Waals surface area contributed by atoms with Gasteiger partial charge in [0.25, 0.3) is 0 Å². The Bertz CT molecular complexity index is 1220. The van der Waals surface area contributed by atoms with Crippen molar-refractivity contribution in [3.8, 4) is 11.4 Å².